The van der Waals surface area contributed by atoms with Crippen LogP contribution < -0.4 is 0 Å². The van der Waals surface area contributed by atoms with E-state index in [0.717, 1.165) is 6.42 Å². The molecule has 0 aromatic heterocycles. The maximum absolute atomic E-state index is 11.5. The van der Waals surface area contributed by atoms with Crippen LogP contribution in [-0.2, 0) is 11.2 Å². The van der Waals surface area contributed by atoms with Gasteiger partial charge in [-0.1, -0.05) is 23.3 Å². The van der Waals surface area contributed by atoms with Gasteiger partial charge in [0.15, 0.2) is 0 Å². The standard InChI is InChI=1S/C15H20O2/c1-5-17-15(16)14-8-6-13(7-9-14)10-12(4)11(2)3/h6-9H,5,10H2,1-4H3. The van der Waals surface area contributed by atoms with Gasteiger partial charge in [0.25, 0.3) is 0 Å². The highest BCUT2D eigenvalue weighted by atomic mass is 16.5. The smallest absolute Gasteiger partial charge is 0.338 e. The summed E-state index contributed by atoms with van der Waals surface area (Å²) >= 11 is 0. The van der Waals surface area contributed by atoms with E-state index >= 15 is 0 Å². The Morgan fingerprint density at radius 2 is 1.71 bits per heavy atom. The van der Waals surface area contributed by atoms with Crippen LogP contribution >= 0.6 is 0 Å². The predicted molar refractivity (Wildman–Crippen MR) is 70.2 cm³/mol. The fourth-order valence-corrected chi connectivity index (χ4v) is 1.46. The molecule has 1 aromatic rings. The van der Waals surface area contributed by atoms with E-state index in [1.54, 1.807) is 0 Å². The lowest BCUT2D eigenvalue weighted by Gasteiger charge is -2.06. The normalized spacial score (nSPS) is 9.88. The summed E-state index contributed by atoms with van der Waals surface area (Å²) in [4.78, 5) is 11.5. The molecular formula is C15H20O2. The van der Waals surface area contributed by atoms with Crippen molar-refractivity contribution < 1.29 is 9.53 Å². The van der Waals surface area contributed by atoms with Gasteiger partial charge in [0.05, 0.1) is 12.2 Å². The summed E-state index contributed by atoms with van der Waals surface area (Å²) in [7, 11) is 0. The third-order valence-electron chi connectivity index (χ3n) is 2.79. The van der Waals surface area contributed by atoms with Crippen LogP contribution in [-0.4, -0.2) is 12.6 Å². The second kappa shape index (κ2) is 6.24. The Balaban J connectivity index is 2.75. The number of allylic oxidation sites excluding steroid dienone is 2. The van der Waals surface area contributed by atoms with E-state index in [9.17, 15) is 4.79 Å². The number of rotatable bonds is 4. The molecule has 0 heterocycles. The first-order valence-corrected chi connectivity index (χ1v) is 5.93. The second-order valence-electron chi connectivity index (χ2n) is 4.37. The average molecular weight is 232 g/mol. The molecule has 0 aliphatic heterocycles. The quantitative estimate of drug-likeness (QED) is 0.583. The summed E-state index contributed by atoms with van der Waals surface area (Å²) in [6.07, 6.45) is 0.936. The molecule has 0 radical (unpaired) electrons. The highest BCUT2D eigenvalue weighted by Gasteiger charge is 2.05. The highest BCUT2D eigenvalue weighted by Crippen LogP contribution is 2.13. The zero-order valence-corrected chi connectivity index (χ0v) is 11.0. The number of carbonyl (C=O) groups is 1. The van der Waals surface area contributed by atoms with Crippen LogP contribution in [0.2, 0.25) is 0 Å². The van der Waals surface area contributed by atoms with E-state index in [2.05, 4.69) is 20.8 Å². The molecular weight excluding hydrogens is 212 g/mol. The molecule has 0 N–H and O–H groups in total. The average Bonchev–Trinajstić information content (AvgIpc) is 2.30. The molecule has 1 rings (SSSR count). The van der Waals surface area contributed by atoms with Crippen molar-refractivity contribution in [1.82, 2.24) is 0 Å². The van der Waals surface area contributed by atoms with Crippen molar-refractivity contribution >= 4 is 5.97 Å². The summed E-state index contributed by atoms with van der Waals surface area (Å²) < 4.78 is 4.94. The van der Waals surface area contributed by atoms with Crippen molar-refractivity contribution in [2.75, 3.05) is 6.61 Å². The van der Waals surface area contributed by atoms with E-state index < -0.39 is 0 Å². The maximum Gasteiger partial charge on any atom is 0.338 e. The molecule has 0 saturated heterocycles. The van der Waals surface area contributed by atoms with Crippen LogP contribution in [0.25, 0.3) is 0 Å². The summed E-state index contributed by atoms with van der Waals surface area (Å²) in [6.45, 7) is 8.58. The van der Waals surface area contributed by atoms with Crippen molar-refractivity contribution in [3.8, 4) is 0 Å². The molecule has 17 heavy (non-hydrogen) atoms. The van der Waals surface area contributed by atoms with Crippen molar-refractivity contribution in [3.63, 3.8) is 0 Å². The molecule has 0 saturated carbocycles. The molecule has 92 valence electrons. The molecule has 2 nitrogen and oxygen atoms in total. The van der Waals surface area contributed by atoms with Gasteiger partial charge in [-0.2, -0.15) is 0 Å². The van der Waals surface area contributed by atoms with Crippen LogP contribution in [0.15, 0.2) is 35.4 Å². The number of esters is 1. The molecule has 0 atom stereocenters. The van der Waals surface area contributed by atoms with Crippen LogP contribution in [0.1, 0.15) is 43.6 Å². The number of carbonyl (C=O) groups excluding carboxylic acids is 1. The minimum Gasteiger partial charge on any atom is -0.462 e. The number of hydrogen-bond donors (Lipinski definition) is 0. The van der Waals surface area contributed by atoms with Crippen molar-refractivity contribution in [2.24, 2.45) is 0 Å². The zero-order valence-electron chi connectivity index (χ0n) is 11.0. The van der Waals surface area contributed by atoms with E-state index in [4.69, 9.17) is 4.74 Å². The lowest BCUT2D eigenvalue weighted by molar-refractivity contribution is 0.0526. The largest absolute Gasteiger partial charge is 0.462 e. The van der Waals surface area contributed by atoms with Gasteiger partial charge in [0, 0.05) is 0 Å². The topological polar surface area (TPSA) is 26.3 Å². The lowest BCUT2D eigenvalue weighted by atomic mass is 10.0. The number of hydrogen-bond acceptors (Lipinski definition) is 2. The highest BCUT2D eigenvalue weighted by molar-refractivity contribution is 5.89. The minimum absolute atomic E-state index is 0.252. The predicted octanol–water partition coefficient (Wildman–Crippen LogP) is 3.76. The Morgan fingerprint density at radius 3 is 2.18 bits per heavy atom. The van der Waals surface area contributed by atoms with E-state index in [0.29, 0.717) is 12.2 Å². The summed E-state index contributed by atoms with van der Waals surface area (Å²) in [5.41, 5.74) is 4.55. The number of benzene rings is 1. The van der Waals surface area contributed by atoms with Gasteiger partial charge in [0.2, 0.25) is 0 Å². The van der Waals surface area contributed by atoms with Crippen LogP contribution in [0.4, 0.5) is 0 Å². The first kappa shape index (κ1) is 13.5. The molecule has 1 aromatic carbocycles. The third-order valence-corrected chi connectivity index (χ3v) is 2.79. The second-order valence-corrected chi connectivity index (χ2v) is 4.37. The van der Waals surface area contributed by atoms with Gasteiger partial charge in [-0.3, -0.25) is 0 Å². The third kappa shape index (κ3) is 4.06. The minimum atomic E-state index is -0.252. The Hall–Kier alpha value is -1.57. The SMILES string of the molecule is CCOC(=O)c1ccc(CC(C)=C(C)C)cc1. The monoisotopic (exact) mass is 232 g/mol. The van der Waals surface area contributed by atoms with Crippen LogP contribution in [0.5, 0.6) is 0 Å². The van der Waals surface area contributed by atoms with Gasteiger partial charge >= 0.3 is 5.97 Å². The van der Waals surface area contributed by atoms with Crippen molar-refractivity contribution in [3.05, 3.63) is 46.5 Å². The van der Waals surface area contributed by atoms with Crippen LogP contribution in [0, 0.1) is 0 Å². The fourth-order valence-electron chi connectivity index (χ4n) is 1.46. The molecule has 0 aliphatic carbocycles. The van der Waals surface area contributed by atoms with Crippen LogP contribution in [0.3, 0.4) is 0 Å². The Bertz CT molecular complexity index is 409. The van der Waals surface area contributed by atoms with Gasteiger partial charge in [-0.25, -0.2) is 4.79 Å². The van der Waals surface area contributed by atoms with Gasteiger partial charge in [0.1, 0.15) is 0 Å². The molecule has 0 aliphatic rings. The number of ether oxygens (including phenoxy) is 1. The van der Waals surface area contributed by atoms with E-state index in [-0.39, 0.29) is 5.97 Å². The fraction of sp³-hybridized carbons (Fsp3) is 0.400. The van der Waals surface area contributed by atoms with E-state index in [1.807, 2.05) is 31.2 Å². The Labute approximate surface area is 103 Å². The molecule has 0 unspecified atom stereocenters. The van der Waals surface area contributed by atoms with Crippen molar-refractivity contribution in [1.29, 1.82) is 0 Å². The maximum atomic E-state index is 11.5. The molecule has 0 bridgehead atoms. The summed E-state index contributed by atoms with van der Waals surface area (Å²) in [5, 5.41) is 0. The van der Waals surface area contributed by atoms with Gasteiger partial charge < -0.3 is 4.74 Å². The molecule has 0 spiro atoms. The zero-order chi connectivity index (χ0) is 12.8. The first-order chi connectivity index (χ1) is 8.04. The van der Waals surface area contributed by atoms with Gasteiger partial charge in [-0.05, 0) is 51.8 Å². The molecule has 0 amide bonds. The first-order valence-electron chi connectivity index (χ1n) is 5.93. The lowest BCUT2D eigenvalue weighted by Crippen LogP contribution is -2.04. The Kier molecular flexibility index (Phi) is 4.95. The van der Waals surface area contributed by atoms with Gasteiger partial charge in [-0.15, -0.1) is 0 Å². The Morgan fingerprint density at radius 1 is 1.12 bits per heavy atom. The summed E-state index contributed by atoms with van der Waals surface area (Å²) in [6, 6.07) is 7.62. The molecule has 0 fully saturated rings. The van der Waals surface area contributed by atoms with Crippen molar-refractivity contribution in [2.45, 2.75) is 34.1 Å². The molecule has 2 heteroatoms. The van der Waals surface area contributed by atoms with E-state index in [1.165, 1.54) is 16.7 Å². The summed E-state index contributed by atoms with van der Waals surface area (Å²) in [5.74, 6) is -0.252.